The zero-order chi connectivity index (χ0) is 17.3. The van der Waals surface area contributed by atoms with Crippen molar-refractivity contribution in [1.29, 1.82) is 0 Å². The van der Waals surface area contributed by atoms with Gasteiger partial charge in [0.15, 0.2) is 5.58 Å². The van der Waals surface area contributed by atoms with Crippen molar-refractivity contribution in [3.63, 3.8) is 0 Å². The number of nitrogens with one attached hydrogen (secondary N) is 1. The fourth-order valence-electron chi connectivity index (χ4n) is 1.97. The molecule has 0 aliphatic rings. The first-order valence-electron chi connectivity index (χ1n) is 6.91. The van der Waals surface area contributed by atoms with Crippen LogP contribution in [0, 0.1) is 0 Å². The molecule has 0 radical (unpaired) electrons. The molecule has 124 valence electrons. The van der Waals surface area contributed by atoms with Crippen LogP contribution in [0.2, 0.25) is 15.1 Å². The lowest BCUT2D eigenvalue weighted by molar-refractivity contribution is -0.115. The number of benzene rings is 2. The van der Waals surface area contributed by atoms with Gasteiger partial charge in [0.2, 0.25) is 5.91 Å². The lowest BCUT2D eigenvalue weighted by Crippen LogP contribution is -2.22. The monoisotopic (exact) mass is 400 g/mol. The van der Waals surface area contributed by atoms with Crippen molar-refractivity contribution in [3.05, 3.63) is 51.5 Å². The van der Waals surface area contributed by atoms with Crippen molar-refractivity contribution in [2.45, 2.75) is 17.4 Å². The van der Waals surface area contributed by atoms with E-state index in [0.717, 1.165) is 0 Å². The number of oxazole rings is 1. The molecule has 2 aromatic carbocycles. The summed E-state index contributed by atoms with van der Waals surface area (Å²) in [7, 11) is 0. The molecule has 1 aromatic heterocycles. The molecule has 1 heterocycles. The average molecular weight is 402 g/mol. The predicted octanol–water partition coefficient (Wildman–Crippen LogP) is 5.91. The maximum absolute atomic E-state index is 12.3. The summed E-state index contributed by atoms with van der Waals surface area (Å²) in [6.45, 7) is 1.75. The van der Waals surface area contributed by atoms with Gasteiger partial charge in [-0.1, -0.05) is 52.6 Å². The maximum Gasteiger partial charge on any atom is 0.257 e. The Bertz CT molecular complexity index is 913. The van der Waals surface area contributed by atoms with Crippen molar-refractivity contribution in [2.75, 3.05) is 5.32 Å². The minimum Gasteiger partial charge on any atom is -0.431 e. The van der Waals surface area contributed by atoms with Gasteiger partial charge in [0, 0.05) is 5.02 Å². The van der Waals surface area contributed by atoms with Crippen molar-refractivity contribution >= 4 is 69.3 Å². The molecule has 4 nitrogen and oxygen atoms in total. The Labute approximate surface area is 157 Å². The highest BCUT2D eigenvalue weighted by atomic mass is 35.5. The molecule has 1 unspecified atom stereocenters. The highest BCUT2D eigenvalue weighted by Gasteiger charge is 2.19. The van der Waals surface area contributed by atoms with Crippen LogP contribution < -0.4 is 5.32 Å². The number of hydrogen-bond donors (Lipinski definition) is 1. The first-order valence-corrected chi connectivity index (χ1v) is 8.93. The van der Waals surface area contributed by atoms with Gasteiger partial charge in [-0.05, 0) is 37.3 Å². The fraction of sp³-hybridized carbons (Fsp3) is 0.125. The molecule has 3 aromatic rings. The highest BCUT2D eigenvalue weighted by Crippen LogP contribution is 2.32. The Morgan fingerprint density at radius 1 is 1.25 bits per heavy atom. The van der Waals surface area contributed by atoms with Crippen LogP contribution in [0.5, 0.6) is 0 Å². The molecule has 1 N–H and O–H groups in total. The summed E-state index contributed by atoms with van der Waals surface area (Å²) in [4.78, 5) is 16.6. The SMILES string of the molecule is CC(Sc1nc2cc(Cl)ccc2o1)C(=O)Nc1cccc(Cl)c1Cl. The Hall–Kier alpha value is -1.40. The zero-order valence-corrected chi connectivity index (χ0v) is 15.4. The second-order valence-corrected chi connectivity index (χ2v) is 7.46. The van der Waals surface area contributed by atoms with E-state index in [-0.39, 0.29) is 5.91 Å². The molecule has 0 bridgehead atoms. The molecule has 24 heavy (non-hydrogen) atoms. The van der Waals surface area contributed by atoms with Crippen LogP contribution in [-0.4, -0.2) is 16.1 Å². The molecule has 0 aliphatic heterocycles. The summed E-state index contributed by atoms with van der Waals surface area (Å²) in [5.41, 5.74) is 1.73. The standard InChI is InChI=1S/C16H11Cl3N2O2S/c1-8(15(22)20-11-4-2-3-10(18)14(11)19)24-16-21-12-7-9(17)5-6-13(12)23-16/h2-8H,1H3,(H,20,22). The Morgan fingerprint density at radius 2 is 2.04 bits per heavy atom. The molecule has 3 rings (SSSR count). The Morgan fingerprint density at radius 3 is 2.83 bits per heavy atom. The van der Waals surface area contributed by atoms with E-state index in [1.807, 2.05) is 0 Å². The summed E-state index contributed by atoms with van der Waals surface area (Å²) < 4.78 is 5.60. The summed E-state index contributed by atoms with van der Waals surface area (Å²) in [6.07, 6.45) is 0. The number of carbonyl (C=O) groups excluding carboxylic acids is 1. The number of thioether (sulfide) groups is 1. The number of rotatable bonds is 4. The van der Waals surface area contributed by atoms with E-state index in [1.165, 1.54) is 11.8 Å². The van der Waals surface area contributed by atoms with Gasteiger partial charge in [0.05, 0.1) is 21.0 Å². The van der Waals surface area contributed by atoms with E-state index in [9.17, 15) is 4.79 Å². The number of carbonyl (C=O) groups is 1. The van der Waals surface area contributed by atoms with E-state index in [0.29, 0.717) is 37.1 Å². The van der Waals surface area contributed by atoms with Gasteiger partial charge in [-0.2, -0.15) is 0 Å². The van der Waals surface area contributed by atoms with Crippen molar-refractivity contribution < 1.29 is 9.21 Å². The van der Waals surface area contributed by atoms with Gasteiger partial charge in [-0.25, -0.2) is 4.98 Å². The smallest absolute Gasteiger partial charge is 0.257 e. The summed E-state index contributed by atoms with van der Waals surface area (Å²) in [5.74, 6) is -0.232. The lowest BCUT2D eigenvalue weighted by atomic mass is 10.3. The van der Waals surface area contributed by atoms with Crippen molar-refractivity contribution in [1.82, 2.24) is 4.98 Å². The average Bonchev–Trinajstić information content (AvgIpc) is 2.93. The second-order valence-electron chi connectivity index (χ2n) is 4.94. The number of aromatic nitrogens is 1. The van der Waals surface area contributed by atoms with Crippen molar-refractivity contribution in [3.8, 4) is 0 Å². The zero-order valence-electron chi connectivity index (χ0n) is 12.3. The van der Waals surface area contributed by atoms with E-state index >= 15 is 0 Å². The quantitative estimate of drug-likeness (QED) is 0.552. The Kier molecular flexibility index (Phi) is 5.25. The van der Waals surface area contributed by atoms with Crippen LogP contribution >= 0.6 is 46.6 Å². The maximum atomic E-state index is 12.3. The predicted molar refractivity (Wildman–Crippen MR) is 99.4 cm³/mol. The van der Waals surface area contributed by atoms with E-state index in [1.54, 1.807) is 43.3 Å². The fourth-order valence-corrected chi connectivity index (χ4v) is 3.24. The van der Waals surface area contributed by atoms with Crippen LogP contribution in [0.1, 0.15) is 6.92 Å². The number of anilines is 1. The second kappa shape index (κ2) is 7.23. The molecular weight excluding hydrogens is 391 g/mol. The number of halogens is 3. The van der Waals surface area contributed by atoms with Crippen LogP contribution in [-0.2, 0) is 4.79 Å². The summed E-state index contributed by atoms with van der Waals surface area (Å²) in [5, 5.41) is 3.97. The molecule has 0 saturated heterocycles. The van der Waals surface area contributed by atoms with Gasteiger partial charge < -0.3 is 9.73 Å². The molecule has 0 spiro atoms. The first-order chi connectivity index (χ1) is 11.4. The molecular formula is C16H11Cl3N2O2S. The third-order valence-electron chi connectivity index (χ3n) is 3.19. The molecule has 0 fully saturated rings. The van der Waals surface area contributed by atoms with E-state index in [2.05, 4.69) is 10.3 Å². The molecule has 8 heteroatoms. The lowest BCUT2D eigenvalue weighted by Gasteiger charge is -2.11. The third kappa shape index (κ3) is 3.81. The van der Waals surface area contributed by atoms with Gasteiger partial charge in [-0.3, -0.25) is 4.79 Å². The molecule has 1 amide bonds. The molecule has 1 atom stereocenters. The number of hydrogen-bond acceptors (Lipinski definition) is 4. The largest absolute Gasteiger partial charge is 0.431 e. The normalized spacial score (nSPS) is 12.3. The van der Waals surface area contributed by atoms with Gasteiger partial charge in [0.1, 0.15) is 5.52 Å². The highest BCUT2D eigenvalue weighted by molar-refractivity contribution is 8.00. The van der Waals surface area contributed by atoms with Gasteiger partial charge in [0.25, 0.3) is 5.22 Å². The van der Waals surface area contributed by atoms with Gasteiger partial charge >= 0.3 is 0 Å². The number of amides is 1. The first kappa shape index (κ1) is 17.4. The van der Waals surface area contributed by atoms with Crippen LogP contribution in [0.15, 0.2) is 46.0 Å². The number of nitrogens with zero attached hydrogens (tertiary/aromatic N) is 1. The molecule has 0 saturated carbocycles. The summed E-state index contributed by atoms with van der Waals surface area (Å²) in [6, 6.07) is 10.2. The van der Waals surface area contributed by atoms with E-state index < -0.39 is 5.25 Å². The van der Waals surface area contributed by atoms with Gasteiger partial charge in [-0.15, -0.1) is 0 Å². The minimum absolute atomic E-state index is 0.232. The molecule has 0 aliphatic carbocycles. The van der Waals surface area contributed by atoms with Crippen LogP contribution in [0.25, 0.3) is 11.1 Å². The van der Waals surface area contributed by atoms with E-state index in [4.69, 9.17) is 39.2 Å². The van der Waals surface area contributed by atoms with Crippen molar-refractivity contribution in [2.24, 2.45) is 0 Å². The summed E-state index contributed by atoms with van der Waals surface area (Å²) >= 11 is 19.1. The van der Waals surface area contributed by atoms with Crippen LogP contribution in [0.4, 0.5) is 5.69 Å². The number of fused-ring (bicyclic) bond motifs is 1. The van der Waals surface area contributed by atoms with Crippen LogP contribution in [0.3, 0.4) is 0 Å². The Balaban J connectivity index is 1.72. The topological polar surface area (TPSA) is 55.1 Å². The minimum atomic E-state index is -0.441. The third-order valence-corrected chi connectivity index (χ3v) is 5.18.